The van der Waals surface area contributed by atoms with Crippen molar-refractivity contribution in [3.05, 3.63) is 41.9 Å². The summed E-state index contributed by atoms with van der Waals surface area (Å²) in [4.78, 5) is 9.64. The van der Waals surface area contributed by atoms with Gasteiger partial charge in [0, 0.05) is 23.6 Å². The average Bonchev–Trinajstić information content (AvgIpc) is 3.28. The molecule has 0 unspecified atom stereocenters. The fourth-order valence-corrected chi connectivity index (χ4v) is 4.21. The van der Waals surface area contributed by atoms with Crippen LogP contribution in [0.2, 0.25) is 0 Å². The molecule has 1 aromatic carbocycles. The number of nitrogens with zero attached hydrogens (tertiary/aromatic N) is 4. The fourth-order valence-electron chi connectivity index (χ4n) is 2.62. The Labute approximate surface area is 159 Å². The molecule has 27 heavy (non-hydrogen) atoms. The summed E-state index contributed by atoms with van der Waals surface area (Å²) in [6, 6.07) is 7.05. The van der Waals surface area contributed by atoms with Gasteiger partial charge in [-0.15, -0.1) is 16.4 Å². The van der Waals surface area contributed by atoms with Crippen molar-refractivity contribution in [3.63, 3.8) is 0 Å². The minimum Gasteiger partial charge on any atom is -0.408 e. The van der Waals surface area contributed by atoms with Crippen LogP contribution in [-0.4, -0.2) is 34.8 Å². The monoisotopic (exact) mass is 401 g/mol. The van der Waals surface area contributed by atoms with Gasteiger partial charge in [-0.05, 0) is 17.7 Å². The van der Waals surface area contributed by atoms with Crippen LogP contribution in [0.15, 0.2) is 45.3 Å². The summed E-state index contributed by atoms with van der Waals surface area (Å²) in [5.74, 6) is 1.04. The van der Waals surface area contributed by atoms with Gasteiger partial charge in [0.2, 0.25) is 5.89 Å². The number of sulfone groups is 1. The van der Waals surface area contributed by atoms with Gasteiger partial charge in [-0.25, -0.2) is 18.4 Å². The minimum atomic E-state index is -3.31. The van der Waals surface area contributed by atoms with Crippen molar-refractivity contribution in [3.8, 4) is 11.1 Å². The van der Waals surface area contributed by atoms with Gasteiger partial charge in [-0.1, -0.05) is 24.2 Å². The van der Waals surface area contributed by atoms with Crippen molar-refractivity contribution in [2.75, 3.05) is 11.6 Å². The maximum Gasteiger partial charge on any atom is 0.321 e. The zero-order valence-corrected chi connectivity index (χ0v) is 16.1. The highest BCUT2D eigenvalue weighted by atomic mass is 32.2. The first kappa shape index (κ1) is 17.6. The van der Waals surface area contributed by atoms with E-state index in [2.05, 4.69) is 25.5 Å². The molecule has 4 rings (SSSR count). The van der Waals surface area contributed by atoms with E-state index < -0.39 is 9.84 Å². The van der Waals surface area contributed by atoms with E-state index in [1.54, 1.807) is 18.2 Å². The first-order chi connectivity index (χ1) is 13.0. The van der Waals surface area contributed by atoms with E-state index in [9.17, 15) is 8.42 Å². The molecular weight excluding hydrogens is 386 g/mol. The summed E-state index contributed by atoms with van der Waals surface area (Å²) in [6.45, 7) is 1.92. The number of thiophene rings is 1. The molecule has 0 saturated heterocycles. The number of aromatic nitrogens is 4. The summed E-state index contributed by atoms with van der Waals surface area (Å²) in [7, 11) is -3.31. The Bertz CT molecular complexity index is 1230. The van der Waals surface area contributed by atoms with Crippen LogP contribution in [0.25, 0.3) is 21.3 Å². The van der Waals surface area contributed by atoms with Crippen LogP contribution in [-0.2, 0) is 16.3 Å². The lowest BCUT2D eigenvalue weighted by molar-refractivity contribution is 0.515. The van der Waals surface area contributed by atoms with Crippen molar-refractivity contribution in [1.82, 2.24) is 20.2 Å². The molecule has 0 aliphatic heterocycles. The number of hydrogen-bond acceptors (Lipinski definition) is 9. The van der Waals surface area contributed by atoms with Gasteiger partial charge < -0.3 is 4.42 Å². The molecular formula is C17H15N5O3S2. The van der Waals surface area contributed by atoms with Crippen LogP contribution in [0, 0.1) is 0 Å². The zero-order chi connectivity index (χ0) is 19.0. The predicted molar refractivity (Wildman–Crippen MR) is 103 cm³/mol. The third kappa shape index (κ3) is 3.40. The van der Waals surface area contributed by atoms with Crippen molar-refractivity contribution < 1.29 is 12.8 Å². The van der Waals surface area contributed by atoms with E-state index in [-0.39, 0.29) is 10.9 Å². The van der Waals surface area contributed by atoms with E-state index in [1.165, 1.54) is 23.9 Å². The molecule has 3 aromatic heterocycles. The number of nitrogens with one attached hydrogen (secondary N) is 1. The summed E-state index contributed by atoms with van der Waals surface area (Å²) in [5, 5.41) is 13.6. The Morgan fingerprint density at radius 3 is 2.81 bits per heavy atom. The smallest absolute Gasteiger partial charge is 0.321 e. The summed E-state index contributed by atoms with van der Waals surface area (Å²) >= 11 is 1.45. The van der Waals surface area contributed by atoms with E-state index in [0.717, 1.165) is 21.3 Å². The Hall–Kier alpha value is -2.85. The summed E-state index contributed by atoms with van der Waals surface area (Å²) in [5.41, 5.74) is 1.60. The first-order valence-corrected chi connectivity index (χ1v) is 10.8. The van der Waals surface area contributed by atoms with Crippen molar-refractivity contribution in [2.45, 2.75) is 18.2 Å². The van der Waals surface area contributed by atoms with Gasteiger partial charge in [0.1, 0.15) is 17.0 Å². The first-order valence-electron chi connectivity index (χ1n) is 8.08. The number of hydrogen-bond donors (Lipinski definition) is 1. The van der Waals surface area contributed by atoms with E-state index in [4.69, 9.17) is 4.42 Å². The van der Waals surface area contributed by atoms with Gasteiger partial charge in [0.05, 0.1) is 10.3 Å². The third-order valence-electron chi connectivity index (χ3n) is 3.94. The molecule has 0 fully saturated rings. The van der Waals surface area contributed by atoms with Gasteiger partial charge in [-0.3, -0.25) is 5.32 Å². The Kier molecular flexibility index (Phi) is 4.36. The molecule has 0 aliphatic carbocycles. The normalized spacial score (nSPS) is 11.8. The molecule has 3 heterocycles. The quantitative estimate of drug-likeness (QED) is 0.541. The molecule has 1 N–H and O–H groups in total. The molecule has 4 aromatic rings. The lowest BCUT2D eigenvalue weighted by atomic mass is 10.1. The van der Waals surface area contributed by atoms with Crippen LogP contribution in [0.4, 0.5) is 11.8 Å². The second-order valence-corrected chi connectivity index (χ2v) is 8.71. The molecule has 138 valence electrons. The number of aryl methyl sites for hydroxylation is 1. The van der Waals surface area contributed by atoms with Gasteiger partial charge in [-0.2, -0.15) is 0 Å². The van der Waals surface area contributed by atoms with Gasteiger partial charge in [0.25, 0.3) is 0 Å². The highest BCUT2D eigenvalue weighted by Gasteiger charge is 2.16. The molecule has 0 amide bonds. The zero-order valence-electron chi connectivity index (χ0n) is 14.5. The summed E-state index contributed by atoms with van der Waals surface area (Å²) < 4.78 is 29.3. The molecule has 8 nitrogen and oxygen atoms in total. The Morgan fingerprint density at radius 1 is 1.22 bits per heavy atom. The highest BCUT2D eigenvalue weighted by molar-refractivity contribution is 7.90. The third-order valence-corrected chi connectivity index (χ3v) is 5.93. The molecule has 10 heteroatoms. The van der Waals surface area contributed by atoms with Gasteiger partial charge >= 0.3 is 6.01 Å². The molecule has 0 radical (unpaired) electrons. The lowest BCUT2D eigenvalue weighted by Gasteiger charge is -2.06. The molecule has 0 saturated carbocycles. The largest absolute Gasteiger partial charge is 0.408 e. The van der Waals surface area contributed by atoms with Gasteiger partial charge in [0.15, 0.2) is 9.84 Å². The Morgan fingerprint density at radius 2 is 2.07 bits per heavy atom. The highest BCUT2D eigenvalue weighted by Crippen LogP contribution is 2.37. The molecule has 0 atom stereocenters. The predicted octanol–water partition coefficient (Wildman–Crippen LogP) is 3.45. The number of anilines is 2. The lowest BCUT2D eigenvalue weighted by Crippen LogP contribution is -1.97. The standard InChI is InChI=1S/C17H15N5O3S2/c1-3-13-21-22-17(25-13)20-15-14-12(8-26-16(14)19-9-18-15)10-5-4-6-11(7-10)27(2,23)24/h4-9H,3H2,1-2H3,(H,18,19,20,22). The maximum absolute atomic E-state index is 11.9. The van der Waals surface area contributed by atoms with Crippen LogP contribution < -0.4 is 5.32 Å². The molecule has 0 aliphatic rings. The molecule has 0 spiro atoms. The SMILES string of the molecule is CCc1nnc(Nc2ncnc3scc(-c4cccc(S(C)(=O)=O)c4)c23)o1. The average molecular weight is 401 g/mol. The van der Waals surface area contributed by atoms with Crippen LogP contribution in [0.5, 0.6) is 0 Å². The van der Waals surface area contributed by atoms with Crippen molar-refractivity contribution >= 4 is 43.2 Å². The van der Waals surface area contributed by atoms with Crippen LogP contribution >= 0.6 is 11.3 Å². The molecule has 0 bridgehead atoms. The van der Waals surface area contributed by atoms with E-state index >= 15 is 0 Å². The van der Waals surface area contributed by atoms with Crippen LogP contribution in [0.3, 0.4) is 0 Å². The topological polar surface area (TPSA) is 111 Å². The van der Waals surface area contributed by atoms with Crippen molar-refractivity contribution in [1.29, 1.82) is 0 Å². The number of rotatable bonds is 5. The van der Waals surface area contributed by atoms with E-state index in [1.807, 2.05) is 18.4 Å². The van der Waals surface area contributed by atoms with E-state index in [0.29, 0.717) is 18.1 Å². The second-order valence-electron chi connectivity index (χ2n) is 5.83. The number of benzene rings is 1. The maximum atomic E-state index is 11.9. The Balaban J connectivity index is 1.83. The minimum absolute atomic E-state index is 0.244. The fraction of sp³-hybridized carbons (Fsp3) is 0.176. The van der Waals surface area contributed by atoms with Crippen molar-refractivity contribution in [2.24, 2.45) is 0 Å². The number of fused-ring (bicyclic) bond motifs is 1. The summed E-state index contributed by atoms with van der Waals surface area (Å²) in [6.07, 6.45) is 3.28. The van der Waals surface area contributed by atoms with Crippen LogP contribution in [0.1, 0.15) is 12.8 Å². The second kappa shape index (κ2) is 6.71.